The maximum Gasteiger partial charge on any atom is 0.161 e. The zero-order valence-corrected chi connectivity index (χ0v) is 9.66. The number of halogens is 2. The summed E-state index contributed by atoms with van der Waals surface area (Å²) in [5.74, 6) is 0.765. The lowest BCUT2D eigenvalue weighted by Gasteiger charge is -2.05. The minimum Gasteiger partial charge on any atom is -0.335 e. The third-order valence-corrected chi connectivity index (χ3v) is 3.26. The summed E-state index contributed by atoms with van der Waals surface area (Å²) in [5, 5.41) is 4.03. The first-order valence-corrected chi connectivity index (χ1v) is 5.93. The van der Waals surface area contributed by atoms with Crippen molar-refractivity contribution in [1.29, 1.82) is 0 Å². The quantitative estimate of drug-likeness (QED) is 0.851. The standard InChI is InChI=1S/C9H8BrFN2S/c10-7-5-6(1-2-8(7)11)13-9-12-3-4-14-9/h1-2,5H,3-4H2,(H,12,13). The summed E-state index contributed by atoms with van der Waals surface area (Å²) in [6, 6.07) is 4.82. The average Bonchev–Trinajstić information content (AvgIpc) is 2.64. The molecule has 0 aliphatic carbocycles. The third kappa shape index (κ3) is 2.27. The van der Waals surface area contributed by atoms with Crippen LogP contribution in [0.25, 0.3) is 0 Å². The Bertz CT molecular complexity index is 381. The van der Waals surface area contributed by atoms with Gasteiger partial charge in [-0.2, -0.15) is 0 Å². The molecule has 0 spiro atoms. The molecular formula is C9H8BrFN2S. The molecule has 2 nitrogen and oxygen atoms in total. The molecule has 74 valence electrons. The van der Waals surface area contributed by atoms with Gasteiger partial charge in [-0.1, -0.05) is 11.8 Å². The first-order valence-electron chi connectivity index (χ1n) is 4.15. The van der Waals surface area contributed by atoms with Crippen LogP contribution < -0.4 is 5.32 Å². The van der Waals surface area contributed by atoms with Crippen molar-refractivity contribution >= 4 is 38.5 Å². The van der Waals surface area contributed by atoms with Gasteiger partial charge in [-0.05, 0) is 34.1 Å². The maximum atomic E-state index is 12.9. The molecule has 0 saturated heterocycles. The van der Waals surface area contributed by atoms with E-state index in [1.165, 1.54) is 6.07 Å². The van der Waals surface area contributed by atoms with Crippen LogP contribution >= 0.6 is 27.7 Å². The van der Waals surface area contributed by atoms with Crippen molar-refractivity contribution in [2.24, 2.45) is 4.99 Å². The molecule has 0 aromatic heterocycles. The van der Waals surface area contributed by atoms with Crippen LogP contribution in [0.2, 0.25) is 0 Å². The maximum absolute atomic E-state index is 12.9. The van der Waals surface area contributed by atoms with Crippen molar-refractivity contribution in [1.82, 2.24) is 0 Å². The number of hydrogen-bond acceptors (Lipinski definition) is 3. The van der Waals surface area contributed by atoms with Crippen molar-refractivity contribution in [2.75, 3.05) is 17.6 Å². The van der Waals surface area contributed by atoms with Crippen LogP contribution in [0.4, 0.5) is 10.1 Å². The van der Waals surface area contributed by atoms with E-state index in [1.807, 2.05) is 0 Å². The Morgan fingerprint density at radius 3 is 3.00 bits per heavy atom. The van der Waals surface area contributed by atoms with Crippen molar-refractivity contribution in [3.8, 4) is 0 Å². The van der Waals surface area contributed by atoms with Crippen LogP contribution in [0.15, 0.2) is 27.7 Å². The van der Waals surface area contributed by atoms with Crippen molar-refractivity contribution in [2.45, 2.75) is 0 Å². The highest BCUT2D eigenvalue weighted by Gasteiger charge is 2.07. The summed E-state index contributed by atoms with van der Waals surface area (Å²) in [4.78, 5) is 4.24. The van der Waals surface area contributed by atoms with Gasteiger partial charge in [0.15, 0.2) is 5.17 Å². The van der Waals surface area contributed by atoms with E-state index in [1.54, 1.807) is 23.9 Å². The van der Waals surface area contributed by atoms with Crippen LogP contribution in [0.1, 0.15) is 0 Å². The number of nitrogens with zero attached hydrogens (tertiary/aromatic N) is 1. The van der Waals surface area contributed by atoms with Crippen LogP contribution in [-0.4, -0.2) is 17.5 Å². The molecule has 1 N–H and O–H groups in total. The van der Waals surface area contributed by atoms with Gasteiger partial charge in [0, 0.05) is 11.4 Å². The number of aliphatic imine (C=N–C) groups is 1. The van der Waals surface area contributed by atoms with Gasteiger partial charge >= 0.3 is 0 Å². The van der Waals surface area contributed by atoms with Crippen molar-refractivity contribution < 1.29 is 4.39 Å². The van der Waals surface area contributed by atoms with Crippen molar-refractivity contribution in [3.63, 3.8) is 0 Å². The zero-order valence-electron chi connectivity index (χ0n) is 7.26. The number of benzene rings is 1. The molecule has 0 amide bonds. The summed E-state index contributed by atoms with van der Waals surface area (Å²) < 4.78 is 13.4. The van der Waals surface area contributed by atoms with E-state index in [9.17, 15) is 4.39 Å². The molecule has 0 bridgehead atoms. The molecule has 0 unspecified atom stereocenters. The highest BCUT2D eigenvalue weighted by atomic mass is 79.9. The van der Waals surface area contributed by atoms with Gasteiger partial charge < -0.3 is 5.32 Å². The molecule has 0 saturated carbocycles. The second kappa shape index (κ2) is 4.31. The summed E-state index contributed by atoms with van der Waals surface area (Å²) in [6.07, 6.45) is 0. The summed E-state index contributed by atoms with van der Waals surface area (Å²) in [7, 11) is 0. The molecule has 1 aromatic carbocycles. The smallest absolute Gasteiger partial charge is 0.161 e. The van der Waals surface area contributed by atoms with Gasteiger partial charge in [0.05, 0.1) is 11.0 Å². The Morgan fingerprint density at radius 1 is 1.50 bits per heavy atom. The van der Waals surface area contributed by atoms with Crippen LogP contribution in [-0.2, 0) is 0 Å². The second-order valence-electron chi connectivity index (χ2n) is 2.79. The third-order valence-electron chi connectivity index (χ3n) is 1.76. The highest BCUT2D eigenvalue weighted by Crippen LogP contribution is 2.22. The SMILES string of the molecule is Fc1ccc(NC2=NCCS2)cc1Br. The van der Waals surface area contributed by atoms with Gasteiger partial charge in [-0.3, -0.25) is 4.99 Å². The van der Waals surface area contributed by atoms with Crippen LogP contribution in [0, 0.1) is 5.82 Å². The Hall–Kier alpha value is -0.550. The van der Waals surface area contributed by atoms with Crippen LogP contribution in [0.3, 0.4) is 0 Å². The minimum absolute atomic E-state index is 0.253. The molecule has 5 heteroatoms. The van der Waals surface area contributed by atoms with Crippen LogP contribution in [0.5, 0.6) is 0 Å². The Labute approximate surface area is 94.1 Å². The van der Waals surface area contributed by atoms with E-state index >= 15 is 0 Å². The van der Waals surface area contributed by atoms with Crippen molar-refractivity contribution in [3.05, 3.63) is 28.5 Å². The zero-order chi connectivity index (χ0) is 9.97. The molecule has 0 atom stereocenters. The molecule has 0 radical (unpaired) electrons. The lowest BCUT2D eigenvalue weighted by molar-refractivity contribution is 0.621. The van der Waals surface area contributed by atoms with Gasteiger partial charge in [0.1, 0.15) is 5.82 Å². The molecule has 14 heavy (non-hydrogen) atoms. The number of nitrogens with one attached hydrogen (secondary N) is 1. The van der Waals surface area contributed by atoms with Gasteiger partial charge in [0.25, 0.3) is 0 Å². The molecule has 1 aliphatic heterocycles. The fourth-order valence-corrected chi connectivity index (χ4v) is 2.24. The number of hydrogen-bond donors (Lipinski definition) is 1. The largest absolute Gasteiger partial charge is 0.335 e. The molecule has 2 rings (SSSR count). The molecular weight excluding hydrogens is 267 g/mol. The Morgan fingerprint density at radius 2 is 2.36 bits per heavy atom. The Balaban J connectivity index is 2.13. The van der Waals surface area contributed by atoms with E-state index in [2.05, 4.69) is 26.2 Å². The summed E-state index contributed by atoms with van der Waals surface area (Å²) in [5.41, 5.74) is 0.853. The lowest BCUT2D eigenvalue weighted by atomic mass is 10.3. The number of amidine groups is 1. The molecule has 1 aliphatic rings. The topological polar surface area (TPSA) is 24.4 Å². The normalized spacial score (nSPS) is 15.4. The second-order valence-corrected chi connectivity index (χ2v) is 4.73. The summed E-state index contributed by atoms with van der Waals surface area (Å²) >= 11 is 4.81. The predicted octanol–water partition coefficient (Wildman–Crippen LogP) is 3.10. The van der Waals surface area contributed by atoms with Gasteiger partial charge in [0.2, 0.25) is 0 Å². The summed E-state index contributed by atoms with van der Waals surface area (Å²) in [6.45, 7) is 0.857. The fourth-order valence-electron chi connectivity index (χ4n) is 1.11. The minimum atomic E-state index is -0.253. The van der Waals surface area contributed by atoms with Gasteiger partial charge in [-0.15, -0.1) is 0 Å². The van der Waals surface area contributed by atoms with E-state index in [0.717, 1.165) is 23.2 Å². The lowest BCUT2D eigenvalue weighted by Crippen LogP contribution is -2.04. The van der Waals surface area contributed by atoms with E-state index in [-0.39, 0.29) is 5.82 Å². The van der Waals surface area contributed by atoms with E-state index in [0.29, 0.717) is 4.47 Å². The number of rotatable bonds is 1. The molecule has 0 fully saturated rings. The average molecular weight is 275 g/mol. The molecule has 1 heterocycles. The first kappa shape index (κ1) is 9.98. The number of anilines is 1. The van der Waals surface area contributed by atoms with Gasteiger partial charge in [-0.25, -0.2) is 4.39 Å². The first-order chi connectivity index (χ1) is 6.75. The Kier molecular flexibility index (Phi) is 3.08. The molecule has 1 aromatic rings. The predicted molar refractivity (Wildman–Crippen MR) is 62.5 cm³/mol. The fraction of sp³-hybridized carbons (Fsp3) is 0.222. The highest BCUT2D eigenvalue weighted by molar-refractivity contribution is 9.10. The van der Waals surface area contributed by atoms with E-state index in [4.69, 9.17) is 0 Å². The number of thioether (sulfide) groups is 1. The van der Waals surface area contributed by atoms with E-state index < -0.39 is 0 Å². The monoisotopic (exact) mass is 274 g/mol.